The first-order valence-electron chi connectivity index (χ1n) is 12.9. The number of halogens is 4. The SMILES string of the molecule is CCCC1CCC(C(=O)OC2CCC(CC(=O)c3ccc(OCC)c(F)c3C(F)(F)F)CC2)CC1. The topological polar surface area (TPSA) is 52.6 Å². The minimum absolute atomic E-state index is 0.00937. The third-order valence-corrected chi connectivity index (χ3v) is 7.42. The number of hydrogen-bond acceptors (Lipinski definition) is 4. The maximum atomic E-state index is 14.5. The van der Waals surface area contributed by atoms with Gasteiger partial charge in [-0.05, 0) is 82.3 Å². The molecule has 2 aliphatic carbocycles. The molecule has 2 fully saturated rings. The molecule has 0 radical (unpaired) electrons. The molecule has 1 aromatic rings. The molecule has 2 saturated carbocycles. The number of carbonyl (C=O) groups excluding carboxylic acids is 2. The van der Waals surface area contributed by atoms with Crippen LogP contribution in [0.4, 0.5) is 17.6 Å². The lowest BCUT2D eigenvalue weighted by molar-refractivity contribution is -0.157. The van der Waals surface area contributed by atoms with Crippen LogP contribution in [0.1, 0.15) is 100 Å². The number of hydrogen-bond donors (Lipinski definition) is 0. The smallest absolute Gasteiger partial charge is 0.420 e. The lowest BCUT2D eigenvalue weighted by Crippen LogP contribution is -2.30. The molecule has 0 N–H and O–H groups in total. The normalized spacial score (nSPS) is 25.2. The molecule has 2 aliphatic rings. The molecule has 0 aromatic heterocycles. The molecule has 8 heteroatoms. The van der Waals surface area contributed by atoms with Crippen molar-refractivity contribution in [3.05, 3.63) is 29.1 Å². The van der Waals surface area contributed by atoms with Gasteiger partial charge in [0.25, 0.3) is 0 Å². The summed E-state index contributed by atoms with van der Waals surface area (Å²) in [5.74, 6) is -2.40. The molecule has 0 atom stereocenters. The Morgan fingerprint density at radius 1 is 0.943 bits per heavy atom. The van der Waals surface area contributed by atoms with Crippen molar-refractivity contribution in [2.45, 2.75) is 96.8 Å². The lowest BCUT2D eigenvalue weighted by Gasteiger charge is -2.31. The molecular weight excluding hydrogens is 464 g/mol. The summed E-state index contributed by atoms with van der Waals surface area (Å²) in [7, 11) is 0. The van der Waals surface area contributed by atoms with Crippen molar-refractivity contribution >= 4 is 11.8 Å². The van der Waals surface area contributed by atoms with Gasteiger partial charge in [-0.2, -0.15) is 13.2 Å². The average molecular weight is 501 g/mol. The molecule has 0 unspecified atom stereocenters. The highest BCUT2D eigenvalue weighted by Gasteiger charge is 2.40. The average Bonchev–Trinajstić information content (AvgIpc) is 2.81. The maximum absolute atomic E-state index is 14.5. The summed E-state index contributed by atoms with van der Waals surface area (Å²) in [6.07, 6.45) is 3.23. The highest BCUT2D eigenvalue weighted by Crippen LogP contribution is 2.39. The van der Waals surface area contributed by atoms with Crippen LogP contribution in [0, 0.1) is 23.6 Å². The van der Waals surface area contributed by atoms with E-state index in [9.17, 15) is 27.2 Å². The van der Waals surface area contributed by atoms with Gasteiger partial charge in [0, 0.05) is 12.0 Å². The summed E-state index contributed by atoms with van der Waals surface area (Å²) in [6.45, 7) is 3.72. The molecule has 0 amide bonds. The number of esters is 1. The highest BCUT2D eigenvalue weighted by molar-refractivity contribution is 5.98. The van der Waals surface area contributed by atoms with Crippen LogP contribution in [0.5, 0.6) is 5.75 Å². The van der Waals surface area contributed by atoms with E-state index in [1.807, 2.05) is 0 Å². The number of rotatable bonds is 9. The molecule has 1 aromatic carbocycles. The van der Waals surface area contributed by atoms with E-state index < -0.39 is 34.7 Å². The second-order valence-corrected chi connectivity index (χ2v) is 9.94. The minimum atomic E-state index is -5.01. The molecule has 0 spiro atoms. The first-order chi connectivity index (χ1) is 16.6. The van der Waals surface area contributed by atoms with Gasteiger partial charge in [-0.1, -0.05) is 19.8 Å². The first kappa shape index (κ1) is 27.5. The van der Waals surface area contributed by atoms with Gasteiger partial charge in [-0.3, -0.25) is 9.59 Å². The largest absolute Gasteiger partial charge is 0.491 e. The number of carbonyl (C=O) groups is 2. The fourth-order valence-corrected chi connectivity index (χ4v) is 5.51. The van der Waals surface area contributed by atoms with E-state index in [4.69, 9.17) is 9.47 Å². The van der Waals surface area contributed by atoms with Crippen molar-refractivity contribution in [2.75, 3.05) is 6.61 Å². The fraction of sp³-hybridized carbons (Fsp3) is 0.704. The Morgan fingerprint density at radius 3 is 2.14 bits per heavy atom. The van der Waals surface area contributed by atoms with Crippen LogP contribution in [0.2, 0.25) is 0 Å². The van der Waals surface area contributed by atoms with Crippen LogP contribution in [0.25, 0.3) is 0 Å². The monoisotopic (exact) mass is 500 g/mol. The van der Waals surface area contributed by atoms with Gasteiger partial charge in [-0.25, -0.2) is 4.39 Å². The minimum Gasteiger partial charge on any atom is -0.491 e. The van der Waals surface area contributed by atoms with Crippen LogP contribution in [0.3, 0.4) is 0 Å². The van der Waals surface area contributed by atoms with Crippen LogP contribution >= 0.6 is 0 Å². The summed E-state index contributed by atoms with van der Waals surface area (Å²) in [5.41, 5.74) is -2.23. The number of ether oxygens (including phenoxy) is 2. The van der Waals surface area contributed by atoms with Crippen LogP contribution < -0.4 is 4.74 Å². The summed E-state index contributed by atoms with van der Waals surface area (Å²) in [6, 6.07) is 2.08. The zero-order valence-electron chi connectivity index (χ0n) is 20.6. The second kappa shape index (κ2) is 12.2. The Balaban J connectivity index is 1.53. The fourth-order valence-electron chi connectivity index (χ4n) is 5.51. The predicted octanol–water partition coefficient (Wildman–Crippen LogP) is 7.52. The van der Waals surface area contributed by atoms with Gasteiger partial charge in [0.15, 0.2) is 17.3 Å². The van der Waals surface area contributed by atoms with Crippen molar-refractivity contribution in [3.63, 3.8) is 0 Å². The van der Waals surface area contributed by atoms with Crippen molar-refractivity contribution in [2.24, 2.45) is 17.8 Å². The van der Waals surface area contributed by atoms with E-state index in [1.165, 1.54) is 13.3 Å². The van der Waals surface area contributed by atoms with Crippen LogP contribution in [-0.4, -0.2) is 24.5 Å². The zero-order valence-corrected chi connectivity index (χ0v) is 20.6. The maximum Gasteiger partial charge on any atom is 0.420 e. The van der Waals surface area contributed by atoms with Gasteiger partial charge in [0.1, 0.15) is 11.7 Å². The number of alkyl halides is 3. The molecule has 196 valence electrons. The molecule has 0 bridgehead atoms. The van der Waals surface area contributed by atoms with E-state index in [1.54, 1.807) is 0 Å². The molecule has 0 aliphatic heterocycles. The Hall–Kier alpha value is -2.12. The van der Waals surface area contributed by atoms with E-state index in [0.29, 0.717) is 31.6 Å². The van der Waals surface area contributed by atoms with E-state index in [0.717, 1.165) is 44.2 Å². The van der Waals surface area contributed by atoms with Crippen molar-refractivity contribution < 1.29 is 36.6 Å². The molecule has 35 heavy (non-hydrogen) atoms. The van der Waals surface area contributed by atoms with E-state index >= 15 is 0 Å². The highest BCUT2D eigenvalue weighted by atomic mass is 19.4. The van der Waals surface area contributed by atoms with Gasteiger partial charge >= 0.3 is 12.1 Å². The predicted molar refractivity (Wildman–Crippen MR) is 124 cm³/mol. The van der Waals surface area contributed by atoms with Gasteiger partial charge in [0.05, 0.1) is 12.5 Å². The van der Waals surface area contributed by atoms with E-state index in [-0.39, 0.29) is 36.9 Å². The quantitative estimate of drug-likeness (QED) is 0.200. The number of benzene rings is 1. The van der Waals surface area contributed by atoms with Gasteiger partial charge < -0.3 is 9.47 Å². The van der Waals surface area contributed by atoms with Gasteiger partial charge in [-0.15, -0.1) is 0 Å². The summed E-state index contributed by atoms with van der Waals surface area (Å²) < 4.78 is 65.8. The lowest BCUT2D eigenvalue weighted by atomic mass is 9.80. The Bertz CT molecular complexity index is 867. The molecule has 0 saturated heterocycles. The molecular formula is C27H36F4O4. The van der Waals surface area contributed by atoms with Gasteiger partial charge in [0.2, 0.25) is 0 Å². The zero-order chi connectivity index (χ0) is 25.6. The van der Waals surface area contributed by atoms with Crippen molar-refractivity contribution in [1.82, 2.24) is 0 Å². The Morgan fingerprint density at radius 2 is 1.57 bits per heavy atom. The van der Waals surface area contributed by atoms with Crippen molar-refractivity contribution in [3.8, 4) is 5.75 Å². The van der Waals surface area contributed by atoms with Crippen molar-refractivity contribution in [1.29, 1.82) is 0 Å². The molecule has 3 rings (SSSR count). The van der Waals surface area contributed by atoms with E-state index in [2.05, 4.69) is 6.92 Å². The second-order valence-electron chi connectivity index (χ2n) is 9.94. The Labute approximate surface area is 204 Å². The summed E-state index contributed by atoms with van der Waals surface area (Å²) in [4.78, 5) is 25.3. The summed E-state index contributed by atoms with van der Waals surface area (Å²) in [5, 5.41) is 0. The Kier molecular flexibility index (Phi) is 9.59. The first-order valence-corrected chi connectivity index (χ1v) is 12.9. The van der Waals surface area contributed by atoms with Crippen LogP contribution in [-0.2, 0) is 15.7 Å². The molecule has 4 nitrogen and oxygen atoms in total. The third kappa shape index (κ3) is 7.20. The third-order valence-electron chi connectivity index (χ3n) is 7.42. The number of ketones is 1. The van der Waals surface area contributed by atoms with Crippen LogP contribution in [0.15, 0.2) is 12.1 Å². The standard InChI is InChI=1S/C27H36F4O4/c1-3-5-17-6-10-19(11-7-17)26(33)35-20-12-8-18(9-13-20)16-22(32)21-14-15-23(34-4-2)25(28)24(21)27(29,30)31/h14-15,17-20H,3-13,16H2,1-2H3. The molecule has 0 heterocycles. The number of Topliss-reactive ketones (excluding diaryl/α,β-unsaturated/α-hetero) is 1. The summed E-state index contributed by atoms with van der Waals surface area (Å²) >= 11 is 0.